The minimum atomic E-state index is -1.39. The average molecular weight is 311 g/mol. The number of halogens is 2. The van der Waals surface area contributed by atoms with Crippen molar-refractivity contribution in [2.24, 2.45) is 0 Å². The summed E-state index contributed by atoms with van der Waals surface area (Å²) in [6.45, 7) is 0. The predicted molar refractivity (Wildman–Crippen MR) is 70.5 cm³/mol. The second-order valence-corrected chi connectivity index (χ2v) is 4.95. The Morgan fingerprint density at radius 1 is 1.24 bits per heavy atom. The van der Waals surface area contributed by atoms with Crippen LogP contribution in [0.4, 0.5) is 14.5 Å². The monoisotopic (exact) mass is 311 g/mol. The average Bonchev–Trinajstić information content (AvgIpc) is 2.42. The lowest BCUT2D eigenvalue weighted by atomic mass is 10.2. The third kappa shape index (κ3) is 3.16. The summed E-state index contributed by atoms with van der Waals surface area (Å²) in [7, 11) is 0. The van der Waals surface area contributed by atoms with Crippen LogP contribution >= 0.6 is 11.8 Å². The molecule has 0 aliphatic carbocycles. The highest BCUT2D eigenvalue weighted by molar-refractivity contribution is 7.99. The van der Waals surface area contributed by atoms with Crippen LogP contribution in [0.1, 0.15) is 10.4 Å². The van der Waals surface area contributed by atoms with Gasteiger partial charge in [-0.1, -0.05) is 17.8 Å². The Hall–Kier alpha value is -2.48. The van der Waals surface area contributed by atoms with Crippen molar-refractivity contribution < 1.29 is 23.6 Å². The standard InChI is InChI=1S/C13H7F2NO4S/c14-7-4-5-9(15)11(6-7)21-12-8(13(17)18)2-1-3-10(12)16(19)20/h1-6H,(H,17,18). The Labute approximate surface area is 121 Å². The van der Waals surface area contributed by atoms with Crippen LogP contribution in [0, 0.1) is 21.7 Å². The van der Waals surface area contributed by atoms with Crippen LogP contribution in [0.25, 0.3) is 0 Å². The molecule has 2 rings (SSSR count). The molecule has 0 spiro atoms. The normalized spacial score (nSPS) is 10.4. The minimum absolute atomic E-state index is 0.230. The molecule has 5 nitrogen and oxygen atoms in total. The van der Waals surface area contributed by atoms with Crippen LogP contribution in [0.3, 0.4) is 0 Å². The van der Waals surface area contributed by atoms with Gasteiger partial charge in [0.25, 0.3) is 5.69 Å². The number of nitrogens with zero attached hydrogens (tertiary/aromatic N) is 1. The summed E-state index contributed by atoms with van der Waals surface area (Å²) >= 11 is 0.501. The van der Waals surface area contributed by atoms with Crippen LogP contribution in [0.2, 0.25) is 0 Å². The highest BCUT2D eigenvalue weighted by Crippen LogP contribution is 2.38. The quantitative estimate of drug-likeness (QED) is 0.687. The molecule has 2 aromatic carbocycles. The summed E-state index contributed by atoms with van der Waals surface area (Å²) < 4.78 is 26.8. The van der Waals surface area contributed by atoms with Crippen molar-refractivity contribution in [1.82, 2.24) is 0 Å². The van der Waals surface area contributed by atoms with Gasteiger partial charge in [0, 0.05) is 6.07 Å². The summed E-state index contributed by atoms with van der Waals surface area (Å²) in [6.07, 6.45) is 0. The zero-order valence-corrected chi connectivity index (χ0v) is 11.1. The number of carboxylic acids is 1. The molecule has 2 aromatic rings. The highest BCUT2D eigenvalue weighted by atomic mass is 32.2. The van der Waals surface area contributed by atoms with E-state index in [2.05, 4.69) is 0 Å². The molecule has 0 fully saturated rings. The van der Waals surface area contributed by atoms with Gasteiger partial charge in [-0.2, -0.15) is 0 Å². The molecule has 108 valence electrons. The van der Waals surface area contributed by atoms with E-state index >= 15 is 0 Å². The van der Waals surface area contributed by atoms with Crippen molar-refractivity contribution in [3.8, 4) is 0 Å². The number of carboxylic acid groups (broad SMARTS) is 1. The van der Waals surface area contributed by atoms with E-state index in [1.54, 1.807) is 0 Å². The number of hydrogen-bond donors (Lipinski definition) is 1. The molecule has 21 heavy (non-hydrogen) atoms. The lowest BCUT2D eigenvalue weighted by Crippen LogP contribution is -2.02. The van der Waals surface area contributed by atoms with Crippen LogP contribution in [-0.2, 0) is 0 Å². The zero-order valence-electron chi connectivity index (χ0n) is 10.2. The molecule has 0 radical (unpaired) electrons. The molecular weight excluding hydrogens is 304 g/mol. The number of benzene rings is 2. The number of aromatic carboxylic acids is 1. The van der Waals surface area contributed by atoms with Gasteiger partial charge >= 0.3 is 5.97 Å². The Bertz CT molecular complexity index is 704. The summed E-state index contributed by atoms with van der Waals surface area (Å²) in [5.74, 6) is -2.91. The van der Waals surface area contributed by atoms with E-state index in [4.69, 9.17) is 5.11 Å². The van der Waals surface area contributed by atoms with Gasteiger partial charge in [0.2, 0.25) is 0 Å². The van der Waals surface area contributed by atoms with Crippen molar-refractivity contribution >= 4 is 23.4 Å². The van der Waals surface area contributed by atoms with E-state index in [-0.39, 0.29) is 15.4 Å². The Morgan fingerprint density at radius 2 is 1.95 bits per heavy atom. The molecular formula is C13H7F2NO4S. The largest absolute Gasteiger partial charge is 0.478 e. The number of carbonyl (C=O) groups is 1. The minimum Gasteiger partial charge on any atom is -0.478 e. The maximum Gasteiger partial charge on any atom is 0.337 e. The lowest BCUT2D eigenvalue weighted by molar-refractivity contribution is -0.387. The van der Waals surface area contributed by atoms with Crippen LogP contribution in [0.15, 0.2) is 46.2 Å². The van der Waals surface area contributed by atoms with E-state index in [1.165, 1.54) is 6.07 Å². The number of nitro groups is 1. The van der Waals surface area contributed by atoms with Gasteiger partial charge in [0.15, 0.2) is 0 Å². The molecule has 0 aliphatic rings. The molecule has 0 unspecified atom stereocenters. The van der Waals surface area contributed by atoms with Crippen molar-refractivity contribution in [3.63, 3.8) is 0 Å². The van der Waals surface area contributed by atoms with Gasteiger partial charge in [-0.15, -0.1) is 0 Å². The maximum absolute atomic E-state index is 13.6. The summed E-state index contributed by atoms with van der Waals surface area (Å²) in [5.41, 5.74) is -0.832. The van der Waals surface area contributed by atoms with Gasteiger partial charge in [-0.25, -0.2) is 13.6 Å². The van der Waals surface area contributed by atoms with E-state index in [9.17, 15) is 23.7 Å². The first-order valence-corrected chi connectivity index (χ1v) is 6.35. The molecule has 0 atom stereocenters. The first kappa shape index (κ1) is 14.9. The predicted octanol–water partition coefficient (Wildman–Crippen LogP) is 3.72. The van der Waals surface area contributed by atoms with E-state index < -0.39 is 28.2 Å². The number of rotatable bonds is 4. The molecule has 0 bridgehead atoms. The summed E-state index contributed by atoms with van der Waals surface area (Å²) in [5, 5.41) is 20.0. The molecule has 0 heterocycles. The van der Waals surface area contributed by atoms with E-state index in [0.29, 0.717) is 11.8 Å². The first-order valence-electron chi connectivity index (χ1n) is 5.53. The molecule has 0 amide bonds. The van der Waals surface area contributed by atoms with E-state index in [1.807, 2.05) is 0 Å². The number of hydrogen-bond acceptors (Lipinski definition) is 4. The van der Waals surface area contributed by atoms with E-state index in [0.717, 1.165) is 30.3 Å². The smallest absolute Gasteiger partial charge is 0.337 e. The third-order valence-electron chi connectivity index (χ3n) is 2.53. The molecule has 0 saturated heterocycles. The molecule has 8 heteroatoms. The maximum atomic E-state index is 13.6. The SMILES string of the molecule is O=C(O)c1cccc([N+](=O)[O-])c1Sc1cc(F)ccc1F. The van der Waals surface area contributed by atoms with Crippen molar-refractivity contribution in [1.29, 1.82) is 0 Å². The van der Waals surface area contributed by atoms with Crippen molar-refractivity contribution in [3.05, 3.63) is 63.7 Å². The molecule has 0 aliphatic heterocycles. The Balaban J connectivity index is 2.59. The van der Waals surface area contributed by atoms with Gasteiger partial charge in [0.1, 0.15) is 16.5 Å². The molecule has 0 saturated carbocycles. The van der Waals surface area contributed by atoms with Gasteiger partial charge < -0.3 is 5.11 Å². The second-order valence-electron chi connectivity index (χ2n) is 3.89. The third-order valence-corrected chi connectivity index (χ3v) is 3.69. The topological polar surface area (TPSA) is 80.4 Å². The van der Waals surface area contributed by atoms with Crippen LogP contribution in [0.5, 0.6) is 0 Å². The van der Waals surface area contributed by atoms with Gasteiger partial charge in [-0.05, 0) is 24.3 Å². The fraction of sp³-hybridized carbons (Fsp3) is 0. The summed E-state index contributed by atoms with van der Waals surface area (Å²) in [4.78, 5) is 20.9. The summed E-state index contributed by atoms with van der Waals surface area (Å²) in [6, 6.07) is 6.10. The Morgan fingerprint density at radius 3 is 2.57 bits per heavy atom. The van der Waals surface area contributed by atoms with Gasteiger partial charge in [-0.3, -0.25) is 10.1 Å². The van der Waals surface area contributed by atoms with Crippen molar-refractivity contribution in [2.75, 3.05) is 0 Å². The van der Waals surface area contributed by atoms with Gasteiger partial charge in [0.05, 0.1) is 15.4 Å². The first-order chi connectivity index (χ1) is 9.90. The molecule has 0 aromatic heterocycles. The fourth-order valence-corrected chi connectivity index (χ4v) is 2.68. The Kier molecular flexibility index (Phi) is 4.18. The second kappa shape index (κ2) is 5.88. The van der Waals surface area contributed by atoms with Crippen molar-refractivity contribution in [2.45, 2.75) is 9.79 Å². The molecule has 1 N–H and O–H groups in total. The van der Waals surface area contributed by atoms with Crippen LogP contribution in [-0.4, -0.2) is 16.0 Å². The van der Waals surface area contributed by atoms with Crippen LogP contribution < -0.4 is 0 Å². The zero-order chi connectivity index (χ0) is 15.6. The lowest BCUT2D eigenvalue weighted by Gasteiger charge is -2.07. The number of nitro benzene ring substituents is 1. The highest BCUT2D eigenvalue weighted by Gasteiger charge is 2.23. The fourth-order valence-electron chi connectivity index (χ4n) is 1.61.